The van der Waals surface area contributed by atoms with Crippen LogP contribution < -0.4 is 10.6 Å². The number of amides is 2. The minimum atomic E-state index is -5.08. The first-order chi connectivity index (χ1) is 17.9. The number of halogens is 6. The number of nitrogens with zero attached hydrogens (tertiary/aromatic N) is 3. The molecule has 2 amide bonds. The third-order valence-corrected chi connectivity index (χ3v) is 5.11. The van der Waals surface area contributed by atoms with Gasteiger partial charge in [0.15, 0.2) is 0 Å². The minimum Gasteiger partial charge on any atom is -0.321 e. The highest BCUT2D eigenvalue weighted by Crippen LogP contribution is 2.37. The van der Waals surface area contributed by atoms with Crippen molar-refractivity contribution in [2.24, 2.45) is 0 Å². The average molecular weight is 531 g/mol. The normalized spacial score (nSPS) is 11.6. The monoisotopic (exact) mass is 531 g/mol. The first-order valence-corrected chi connectivity index (χ1v) is 10.7. The molecule has 0 saturated carbocycles. The van der Waals surface area contributed by atoms with Crippen molar-refractivity contribution in [3.63, 3.8) is 0 Å². The molecule has 7 nitrogen and oxygen atoms in total. The van der Waals surface area contributed by atoms with E-state index in [-0.39, 0.29) is 11.8 Å². The molecule has 2 heterocycles. The molecule has 38 heavy (non-hydrogen) atoms. The third-order valence-electron chi connectivity index (χ3n) is 5.11. The predicted molar refractivity (Wildman–Crippen MR) is 124 cm³/mol. The zero-order valence-corrected chi connectivity index (χ0v) is 18.9. The highest BCUT2D eigenvalue weighted by Gasteiger charge is 2.37. The molecule has 0 atom stereocenters. The Labute approximate surface area is 210 Å². The van der Waals surface area contributed by atoms with Gasteiger partial charge >= 0.3 is 12.4 Å². The van der Waals surface area contributed by atoms with Gasteiger partial charge in [0, 0.05) is 34.9 Å². The van der Waals surface area contributed by atoms with Crippen molar-refractivity contribution in [3.05, 3.63) is 102 Å². The fraction of sp³-hybridized carbons (Fsp3) is 0.0800. The summed E-state index contributed by atoms with van der Waals surface area (Å²) in [4.78, 5) is 37.3. The summed E-state index contributed by atoms with van der Waals surface area (Å²) in [6.07, 6.45) is -5.74. The van der Waals surface area contributed by atoms with Gasteiger partial charge in [0.25, 0.3) is 11.8 Å². The lowest BCUT2D eigenvalue weighted by molar-refractivity contribution is -0.143. The second-order valence-corrected chi connectivity index (χ2v) is 7.78. The number of pyridine rings is 1. The van der Waals surface area contributed by atoms with Crippen LogP contribution in [0.2, 0.25) is 0 Å². The van der Waals surface area contributed by atoms with Gasteiger partial charge in [-0.05, 0) is 36.4 Å². The van der Waals surface area contributed by atoms with E-state index in [9.17, 15) is 35.9 Å². The summed E-state index contributed by atoms with van der Waals surface area (Å²) in [5.41, 5.74) is -2.97. The average Bonchev–Trinajstić information content (AvgIpc) is 2.88. The fourth-order valence-electron chi connectivity index (χ4n) is 3.38. The van der Waals surface area contributed by atoms with Crippen LogP contribution in [0.1, 0.15) is 32.1 Å². The Balaban J connectivity index is 1.57. The van der Waals surface area contributed by atoms with E-state index >= 15 is 0 Å². The Kier molecular flexibility index (Phi) is 7.10. The van der Waals surface area contributed by atoms with Gasteiger partial charge in [-0.15, -0.1) is 0 Å². The van der Waals surface area contributed by atoms with E-state index in [0.717, 1.165) is 6.07 Å². The van der Waals surface area contributed by atoms with Crippen LogP contribution in [0, 0.1) is 0 Å². The van der Waals surface area contributed by atoms with Gasteiger partial charge < -0.3 is 10.6 Å². The molecule has 0 unspecified atom stereocenters. The number of hydrogen-bond acceptors (Lipinski definition) is 5. The summed E-state index contributed by atoms with van der Waals surface area (Å²) in [5.74, 6) is -1.84. The van der Waals surface area contributed by atoms with Crippen molar-refractivity contribution < 1.29 is 35.9 Å². The minimum absolute atomic E-state index is 0.0573. The smallest absolute Gasteiger partial charge is 0.321 e. The summed E-state index contributed by atoms with van der Waals surface area (Å²) < 4.78 is 78.7. The number of hydrogen-bond donors (Lipinski definition) is 2. The topological polar surface area (TPSA) is 96.9 Å². The van der Waals surface area contributed by atoms with Crippen molar-refractivity contribution in [2.45, 2.75) is 12.4 Å². The van der Waals surface area contributed by atoms with E-state index in [1.807, 2.05) is 5.32 Å². The molecule has 0 aliphatic carbocycles. The van der Waals surface area contributed by atoms with Gasteiger partial charge in [-0.25, -0.2) is 15.0 Å². The van der Waals surface area contributed by atoms with E-state index in [0.29, 0.717) is 28.9 Å². The SMILES string of the molecule is O=C(Nc1cc(C(F)(F)F)cc(C(F)(F)F)c1)c1cccc(C(=O)Nc2ccccc2-c2cncnc2)n1. The number of benzene rings is 2. The van der Waals surface area contributed by atoms with Crippen molar-refractivity contribution in [2.75, 3.05) is 10.6 Å². The van der Waals surface area contributed by atoms with Crippen molar-refractivity contribution in [1.82, 2.24) is 15.0 Å². The summed E-state index contributed by atoms with van der Waals surface area (Å²) in [7, 11) is 0. The van der Waals surface area contributed by atoms with Crippen LogP contribution in [0.4, 0.5) is 37.7 Å². The maximum Gasteiger partial charge on any atom is 0.416 e. The lowest BCUT2D eigenvalue weighted by atomic mass is 10.1. The van der Waals surface area contributed by atoms with Gasteiger partial charge in [-0.3, -0.25) is 9.59 Å². The second kappa shape index (κ2) is 10.3. The summed E-state index contributed by atoms with van der Waals surface area (Å²) >= 11 is 0. The molecule has 2 aromatic carbocycles. The predicted octanol–water partition coefficient (Wildman–Crippen LogP) is 6.08. The number of carbonyl (C=O) groups excluding carboxylic acids is 2. The number of rotatable bonds is 5. The lowest BCUT2D eigenvalue weighted by Gasteiger charge is -2.15. The highest BCUT2D eigenvalue weighted by molar-refractivity contribution is 6.07. The van der Waals surface area contributed by atoms with Crippen LogP contribution in [-0.2, 0) is 12.4 Å². The van der Waals surface area contributed by atoms with Gasteiger partial charge in [0.2, 0.25) is 0 Å². The van der Waals surface area contributed by atoms with E-state index in [2.05, 4.69) is 20.3 Å². The number of para-hydroxylation sites is 1. The molecule has 13 heteroatoms. The zero-order chi connectivity index (χ0) is 27.5. The van der Waals surface area contributed by atoms with E-state index in [1.54, 1.807) is 36.7 Å². The summed E-state index contributed by atoms with van der Waals surface area (Å²) in [6, 6.07) is 11.1. The summed E-state index contributed by atoms with van der Waals surface area (Å²) in [5, 5.41) is 4.63. The highest BCUT2D eigenvalue weighted by atomic mass is 19.4. The molecule has 194 valence electrons. The summed E-state index contributed by atoms with van der Waals surface area (Å²) in [6.45, 7) is 0. The molecule has 0 radical (unpaired) electrons. The molecular formula is C25H15F6N5O2. The zero-order valence-electron chi connectivity index (χ0n) is 18.9. The molecule has 2 N–H and O–H groups in total. The second-order valence-electron chi connectivity index (χ2n) is 7.78. The Morgan fingerprint density at radius 2 is 1.24 bits per heavy atom. The van der Waals surface area contributed by atoms with Gasteiger partial charge in [-0.2, -0.15) is 26.3 Å². The number of anilines is 2. The molecule has 0 aliphatic heterocycles. The first-order valence-electron chi connectivity index (χ1n) is 10.7. The largest absolute Gasteiger partial charge is 0.416 e. The van der Waals surface area contributed by atoms with E-state index in [4.69, 9.17) is 0 Å². The van der Waals surface area contributed by atoms with Crippen LogP contribution in [0.5, 0.6) is 0 Å². The molecule has 0 spiro atoms. The van der Waals surface area contributed by atoms with E-state index in [1.165, 1.54) is 18.5 Å². The molecule has 2 aromatic heterocycles. The molecule has 4 aromatic rings. The molecule has 0 aliphatic rings. The standard InChI is InChI=1S/C25H15F6N5O2/c26-24(27,28)15-8-16(25(29,30)31)10-17(9-15)34-22(37)20-6-3-7-21(35-20)23(38)36-19-5-2-1-4-18(19)14-11-32-13-33-12-14/h1-13H,(H,34,37)(H,36,38). The number of alkyl halides is 6. The lowest BCUT2D eigenvalue weighted by Crippen LogP contribution is -2.19. The van der Waals surface area contributed by atoms with Gasteiger partial charge in [0.05, 0.1) is 11.1 Å². The number of aromatic nitrogens is 3. The molecule has 0 saturated heterocycles. The van der Waals surface area contributed by atoms with Crippen LogP contribution in [0.25, 0.3) is 11.1 Å². The maximum absolute atomic E-state index is 13.1. The Hall–Kier alpha value is -4.81. The molecular weight excluding hydrogens is 516 g/mol. The van der Waals surface area contributed by atoms with Gasteiger partial charge in [-0.1, -0.05) is 24.3 Å². The maximum atomic E-state index is 13.1. The van der Waals surface area contributed by atoms with E-state index < -0.39 is 46.7 Å². The van der Waals surface area contributed by atoms with Crippen LogP contribution in [-0.4, -0.2) is 26.8 Å². The quantitative estimate of drug-likeness (QED) is 0.304. The molecule has 0 bridgehead atoms. The Morgan fingerprint density at radius 1 is 0.684 bits per heavy atom. The fourth-order valence-corrected chi connectivity index (χ4v) is 3.38. The van der Waals surface area contributed by atoms with Gasteiger partial charge in [0.1, 0.15) is 17.7 Å². The van der Waals surface area contributed by atoms with Crippen molar-refractivity contribution in [1.29, 1.82) is 0 Å². The van der Waals surface area contributed by atoms with Crippen LogP contribution >= 0.6 is 0 Å². The Bertz CT molecular complexity index is 1460. The van der Waals surface area contributed by atoms with Crippen LogP contribution in [0.3, 0.4) is 0 Å². The molecule has 0 fully saturated rings. The third kappa shape index (κ3) is 6.11. The van der Waals surface area contributed by atoms with Crippen LogP contribution in [0.15, 0.2) is 79.4 Å². The number of carbonyl (C=O) groups is 2. The first kappa shape index (κ1) is 26.3. The molecule has 4 rings (SSSR count). The van der Waals surface area contributed by atoms with Crippen molar-refractivity contribution in [3.8, 4) is 11.1 Å². The number of nitrogens with one attached hydrogen (secondary N) is 2. The Morgan fingerprint density at radius 3 is 1.82 bits per heavy atom. The van der Waals surface area contributed by atoms with Crippen molar-refractivity contribution >= 4 is 23.2 Å².